The molecule has 1 N–H and O–H groups in total. The van der Waals surface area contributed by atoms with Crippen LogP contribution in [0.5, 0.6) is 5.75 Å². The molecule has 4 aromatic rings. The van der Waals surface area contributed by atoms with Gasteiger partial charge in [0, 0.05) is 24.0 Å². The minimum atomic E-state index is -0.702. The van der Waals surface area contributed by atoms with Gasteiger partial charge in [0.25, 0.3) is 5.56 Å². The van der Waals surface area contributed by atoms with Crippen LogP contribution in [0, 0.1) is 12.7 Å². The lowest BCUT2D eigenvalue weighted by atomic mass is 9.83. The van der Waals surface area contributed by atoms with Gasteiger partial charge >= 0.3 is 5.69 Å². The summed E-state index contributed by atoms with van der Waals surface area (Å²) in [7, 11) is 1.52. The molecule has 2 aromatic carbocycles. The molecule has 0 saturated carbocycles. The highest BCUT2D eigenvalue weighted by molar-refractivity contribution is 7.17. The molecule has 0 amide bonds. The summed E-state index contributed by atoms with van der Waals surface area (Å²) in [6.07, 6.45) is 1.29. The van der Waals surface area contributed by atoms with Crippen LogP contribution in [0.1, 0.15) is 33.3 Å². The molecule has 2 aromatic heterocycles. The number of nitrogens with one attached hydrogen (secondary N) is 1. The Labute approximate surface area is 184 Å². The summed E-state index contributed by atoms with van der Waals surface area (Å²) in [5.74, 6) is -0.162. The SMILES string of the molecule is COc1c(C(C)(C)C)cc(-n2ccc(=O)[nH]c2=O)c(F)c1-c1ccc2c(C)csc2c1.[HH]. The lowest BCUT2D eigenvalue weighted by molar-refractivity contribution is 0.396. The molecule has 0 aliphatic rings. The van der Waals surface area contributed by atoms with Gasteiger partial charge in [-0.15, -0.1) is 11.3 Å². The number of hydrogen-bond donors (Lipinski definition) is 1. The Hall–Kier alpha value is -3.19. The summed E-state index contributed by atoms with van der Waals surface area (Å²) in [5, 5.41) is 3.19. The summed E-state index contributed by atoms with van der Waals surface area (Å²) in [6, 6.07) is 8.60. The van der Waals surface area contributed by atoms with Gasteiger partial charge in [-0.3, -0.25) is 14.3 Å². The minimum absolute atomic E-state index is 0. The van der Waals surface area contributed by atoms with E-state index < -0.39 is 22.5 Å². The molecule has 7 heteroatoms. The molecule has 5 nitrogen and oxygen atoms in total. The number of halogens is 1. The molecule has 2 heterocycles. The van der Waals surface area contributed by atoms with Crippen LogP contribution in [0.25, 0.3) is 26.9 Å². The topological polar surface area (TPSA) is 64.1 Å². The number of ether oxygens (including phenoxy) is 1. The fraction of sp³-hybridized carbons (Fsp3) is 0.250. The zero-order chi connectivity index (χ0) is 22.5. The third-order valence-corrected chi connectivity index (χ3v) is 6.41. The molecule has 0 aliphatic heterocycles. The third kappa shape index (κ3) is 3.59. The van der Waals surface area contributed by atoms with Crippen molar-refractivity contribution < 1.29 is 10.6 Å². The molecule has 0 spiro atoms. The van der Waals surface area contributed by atoms with Crippen LogP contribution < -0.4 is 16.0 Å². The quantitative estimate of drug-likeness (QED) is 0.463. The molecule has 162 valence electrons. The van der Waals surface area contributed by atoms with Gasteiger partial charge in [-0.1, -0.05) is 32.9 Å². The van der Waals surface area contributed by atoms with Crippen molar-refractivity contribution in [2.45, 2.75) is 33.1 Å². The van der Waals surface area contributed by atoms with Crippen molar-refractivity contribution in [1.82, 2.24) is 9.55 Å². The average Bonchev–Trinajstić information content (AvgIpc) is 3.07. The maximum absolute atomic E-state index is 16.0. The Kier molecular flexibility index (Phi) is 5.09. The highest BCUT2D eigenvalue weighted by Crippen LogP contribution is 2.44. The molecule has 0 atom stereocenters. The molecule has 0 fully saturated rings. The summed E-state index contributed by atoms with van der Waals surface area (Å²) < 4.78 is 23.9. The fourth-order valence-electron chi connectivity index (χ4n) is 3.75. The van der Waals surface area contributed by atoms with Crippen LogP contribution in [0.2, 0.25) is 0 Å². The molecular formula is C24H25FN2O3S. The monoisotopic (exact) mass is 440 g/mol. The van der Waals surface area contributed by atoms with E-state index in [2.05, 4.69) is 10.4 Å². The molecule has 0 unspecified atom stereocenters. The Morgan fingerprint density at radius 2 is 1.90 bits per heavy atom. The Morgan fingerprint density at radius 1 is 1.16 bits per heavy atom. The molecule has 31 heavy (non-hydrogen) atoms. The van der Waals surface area contributed by atoms with Crippen molar-refractivity contribution in [3.8, 4) is 22.6 Å². The van der Waals surface area contributed by atoms with Crippen LogP contribution in [-0.2, 0) is 5.41 Å². The first kappa shape index (κ1) is 21.1. The average molecular weight is 441 g/mol. The largest absolute Gasteiger partial charge is 0.496 e. The second kappa shape index (κ2) is 7.50. The van der Waals surface area contributed by atoms with Crippen molar-refractivity contribution >= 4 is 21.4 Å². The fourth-order valence-corrected chi connectivity index (χ4v) is 4.74. The van der Waals surface area contributed by atoms with Crippen molar-refractivity contribution in [1.29, 1.82) is 0 Å². The van der Waals surface area contributed by atoms with Crippen molar-refractivity contribution in [2.24, 2.45) is 0 Å². The number of hydrogen-bond acceptors (Lipinski definition) is 4. The van der Waals surface area contributed by atoms with Gasteiger partial charge in [-0.05, 0) is 46.4 Å². The normalized spacial score (nSPS) is 11.8. The number of H-pyrrole nitrogens is 1. The van der Waals surface area contributed by atoms with Gasteiger partial charge in [0.2, 0.25) is 0 Å². The molecule has 0 bridgehead atoms. The van der Waals surface area contributed by atoms with E-state index in [4.69, 9.17) is 4.74 Å². The van der Waals surface area contributed by atoms with E-state index in [0.29, 0.717) is 11.3 Å². The maximum Gasteiger partial charge on any atom is 0.333 e. The molecule has 0 saturated heterocycles. The Balaban J connectivity index is 0.00000289. The highest BCUT2D eigenvalue weighted by Gasteiger charge is 2.28. The molecule has 4 rings (SSSR count). The van der Waals surface area contributed by atoms with Crippen LogP contribution in [-0.4, -0.2) is 16.7 Å². The number of rotatable bonds is 3. The second-order valence-electron chi connectivity index (χ2n) is 8.53. The minimum Gasteiger partial charge on any atom is -0.496 e. The van der Waals surface area contributed by atoms with E-state index in [1.165, 1.54) is 24.9 Å². The number of aromatic amines is 1. The number of aromatic nitrogens is 2. The van der Waals surface area contributed by atoms with E-state index in [1.807, 2.05) is 45.9 Å². The van der Waals surface area contributed by atoms with Gasteiger partial charge < -0.3 is 4.74 Å². The van der Waals surface area contributed by atoms with Gasteiger partial charge in [-0.25, -0.2) is 9.18 Å². The van der Waals surface area contributed by atoms with Crippen molar-refractivity contribution in [2.75, 3.05) is 7.11 Å². The summed E-state index contributed by atoms with van der Waals surface area (Å²) in [6.45, 7) is 8.04. The molecular weight excluding hydrogens is 415 g/mol. The lowest BCUT2D eigenvalue weighted by Gasteiger charge is -2.26. The second-order valence-corrected chi connectivity index (χ2v) is 9.44. The van der Waals surface area contributed by atoms with E-state index in [-0.39, 0.29) is 12.7 Å². The predicted molar refractivity (Wildman–Crippen MR) is 126 cm³/mol. The van der Waals surface area contributed by atoms with Gasteiger partial charge in [0.05, 0.1) is 18.4 Å². The number of methoxy groups -OCH3 is 1. The zero-order valence-corrected chi connectivity index (χ0v) is 18.8. The number of nitrogens with zero attached hydrogens (tertiary/aromatic N) is 1. The summed E-state index contributed by atoms with van der Waals surface area (Å²) in [5.41, 5.74) is 1.30. The van der Waals surface area contributed by atoms with E-state index in [1.54, 1.807) is 17.4 Å². The first-order chi connectivity index (χ1) is 14.6. The number of fused-ring (bicyclic) bond motifs is 1. The van der Waals surface area contributed by atoms with Crippen LogP contribution in [0.15, 0.2) is 51.5 Å². The Morgan fingerprint density at radius 3 is 2.55 bits per heavy atom. The van der Waals surface area contributed by atoms with Crippen LogP contribution in [0.4, 0.5) is 4.39 Å². The van der Waals surface area contributed by atoms with Crippen molar-refractivity contribution in [3.63, 3.8) is 0 Å². The lowest BCUT2D eigenvalue weighted by Crippen LogP contribution is -2.28. The van der Waals surface area contributed by atoms with Crippen LogP contribution >= 0.6 is 11.3 Å². The first-order valence-corrected chi connectivity index (χ1v) is 10.7. The van der Waals surface area contributed by atoms with Crippen molar-refractivity contribution in [3.05, 3.63) is 79.7 Å². The molecule has 0 aliphatic carbocycles. The first-order valence-electron chi connectivity index (χ1n) is 9.83. The predicted octanol–water partition coefficient (Wildman–Crippen LogP) is 5.41. The smallest absolute Gasteiger partial charge is 0.333 e. The number of benzene rings is 2. The van der Waals surface area contributed by atoms with E-state index in [0.717, 1.165) is 20.2 Å². The standard InChI is InChI=1S/C24H23FN2O3S.H2/c1-13-12-31-18-10-14(6-7-15(13)18)20-21(25)17(27-9-8-19(28)26-23(27)29)11-16(22(20)30-5)24(2,3)4;/h6-12H,1-5H3,(H,26,28,29);1H. The van der Waals surface area contributed by atoms with Gasteiger partial charge in [0.1, 0.15) is 5.75 Å². The van der Waals surface area contributed by atoms with E-state index >= 15 is 4.39 Å². The number of aryl methyl sites for hydroxylation is 1. The zero-order valence-electron chi connectivity index (χ0n) is 18.0. The highest BCUT2D eigenvalue weighted by atomic mass is 32.1. The number of thiophene rings is 1. The maximum atomic E-state index is 16.0. The Bertz CT molecular complexity index is 1430. The summed E-state index contributed by atoms with van der Waals surface area (Å²) >= 11 is 1.60. The van der Waals surface area contributed by atoms with Crippen LogP contribution in [0.3, 0.4) is 0 Å². The van der Waals surface area contributed by atoms with E-state index in [9.17, 15) is 9.59 Å². The van der Waals surface area contributed by atoms with Gasteiger partial charge in [-0.2, -0.15) is 0 Å². The van der Waals surface area contributed by atoms with Gasteiger partial charge in [0.15, 0.2) is 5.82 Å². The third-order valence-electron chi connectivity index (χ3n) is 5.35. The molecule has 0 radical (unpaired) electrons. The summed E-state index contributed by atoms with van der Waals surface area (Å²) in [4.78, 5) is 26.2.